The summed E-state index contributed by atoms with van der Waals surface area (Å²) in [6.45, 7) is 0. The summed E-state index contributed by atoms with van der Waals surface area (Å²) in [5.41, 5.74) is 3.45. The Hall–Kier alpha value is -3.53. The number of hydrogen-bond donors (Lipinski definition) is 2. The Morgan fingerprint density at radius 1 is 0.778 bits per heavy atom. The van der Waals surface area contributed by atoms with Gasteiger partial charge in [-0.15, -0.1) is 0 Å². The van der Waals surface area contributed by atoms with Gasteiger partial charge in [-0.2, -0.15) is 5.10 Å². The predicted molar refractivity (Wildman–Crippen MR) is 109 cm³/mol. The number of phenolic OH excluding ortho intramolecular Hbond substituents is 2. The molecule has 0 bridgehead atoms. The van der Waals surface area contributed by atoms with Crippen LogP contribution in [0, 0.1) is 0 Å². The average molecular weight is 356 g/mol. The molecule has 0 fully saturated rings. The number of hydrazone groups is 1. The van der Waals surface area contributed by atoms with Crippen LogP contribution in [0.15, 0.2) is 90.0 Å². The van der Waals surface area contributed by atoms with Crippen LogP contribution in [0.25, 0.3) is 6.08 Å². The lowest BCUT2D eigenvalue weighted by molar-refractivity contribution is 0.461. The Kier molecular flexibility index (Phi) is 4.62. The third-order valence-corrected chi connectivity index (χ3v) is 4.64. The summed E-state index contributed by atoms with van der Waals surface area (Å²) in [6.07, 6.45) is 4.45. The van der Waals surface area contributed by atoms with Crippen molar-refractivity contribution in [2.45, 2.75) is 12.5 Å². The van der Waals surface area contributed by atoms with Crippen LogP contribution in [0.3, 0.4) is 0 Å². The zero-order valence-corrected chi connectivity index (χ0v) is 14.7. The molecule has 0 saturated carbocycles. The Bertz CT molecular complexity index is 996. The molecule has 3 aromatic carbocycles. The number of rotatable bonds is 4. The summed E-state index contributed by atoms with van der Waals surface area (Å²) in [7, 11) is 0. The number of allylic oxidation sites excluding steroid dienone is 1. The van der Waals surface area contributed by atoms with E-state index in [2.05, 4.69) is 0 Å². The van der Waals surface area contributed by atoms with Crippen LogP contribution >= 0.6 is 0 Å². The zero-order valence-electron chi connectivity index (χ0n) is 14.7. The molecule has 0 saturated heterocycles. The lowest BCUT2D eigenvalue weighted by Crippen LogP contribution is -2.18. The van der Waals surface area contributed by atoms with Crippen molar-refractivity contribution in [3.05, 3.63) is 96.1 Å². The van der Waals surface area contributed by atoms with E-state index >= 15 is 0 Å². The van der Waals surface area contributed by atoms with Gasteiger partial charge in [-0.3, -0.25) is 5.01 Å². The highest BCUT2D eigenvalue weighted by molar-refractivity contribution is 6.01. The molecule has 134 valence electrons. The first kappa shape index (κ1) is 16.9. The van der Waals surface area contributed by atoms with Gasteiger partial charge in [0.05, 0.1) is 17.4 Å². The van der Waals surface area contributed by atoms with Crippen LogP contribution in [0.1, 0.15) is 23.6 Å². The molecular formula is C23H20N2O2. The van der Waals surface area contributed by atoms with Gasteiger partial charge in [0.25, 0.3) is 0 Å². The molecule has 0 aliphatic carbocycles. The molecule has 1 atom stereocenters. The Morgan fingerprint density at radius 3 is 2.19 bits per heavy atom. The van der Waals surface area contributed by atoms with Gasteiger partial charge >= 0.3 is 0 Å². The van der Waals surface area contributed by atoms with Crippen molar-refractivity contribution in [2.75, 3.05) is 5.01 Å². The van der Waals surface area contributed by atoms with E-state index in [1.54, 1.807) is 18.2 Å². The van der Waals surface area contributed by atoms with Crippen LogP contribution < -0.4 is 5.01 Å². The van der Waals surface area contributed by atoms with E-state index < -0.39 is 0 Å². The number of hydrogen-bond acceptors (Lipinski definition) is 4. The maximum atomic E-state index is 10.3. The average Bonchev–Trinajstić information content (AvgIpc) is 3.12. The quantitative estimate of drug-likeness (QED) is 0.682. The van der Waals surface area contributed by atoms with Gasteiger partial charge in [-0.1, -0.05) is 54.6 Å². The second-order valence-electron chi connectivity index (χ2n) is 6.44. The molecule has 0 spiro atoms. The lowest BCUT2D eigenvalue weighted by Gasteiger charge is -2.24. The summed E-state index contributed by atoms with van der Waals surface area (Å²) in [5, 5.41) is 27.0. The highest BCUT2D eigenvalue weighted by Gasteiger charge is 2.29. The molecule has 2 N–H and O–H groups in total. The highest BCUT2D eigenvalue weighted by Crippen LogP contribution is 2.38. The number of aromatic hydroxyl groups is 2. The molecular weight excluding hydrogens is 336 g/mol. The molecule has 1 aliphatic heterocycles. The SMILES string of the molecule is Oc1ccccc1/C=C/C1=NN(c2ccccc2)C(c2ccccc2O)C1. The van der Waals surface area contributed by atoms with E-state index in [1.165, 1.54) is 0 Å². The van der Waals surface area contributed by atoms with Gasteiger partial charge < -0.3 is 10.2 Å². The van der Waals surface area contributed by atoms with E-state index in [-0.39, 0.29) is 17.5 Å². The van der Waals surface area contributed by atoms with E-state index in [0.717, 1.165) is 22.5 Å². The molecule has 1 unspecified atom stereocenters. The Balaban J connectivity index is 1.68. The largest absolute Gasteiger partial charge is 0.508 e. The number of para-hydroxylation sites is 3. The van der Waals surface area contributed by atoms with E-state index in [9.17, 15) is 10.2 Å². The number of anilines is 1. The molecule has 3 aromatic rings. The predicted octanol–water partition coefficient (Wildman–Crippen LogP) is 5.12. The molecule has 0 radical (unpaired) electrons. The fraction of sp³-hybridized carbons (Fsp3) is 0.0870. The standard InChI is InChI=1S/C23H20N2O2/c26-22-12-6-4-8-17(22)14-15-18-16-21(20-11-5-7-13-23(20)27)25(24-18)19-9-2-1-3-10-19/h1-15,21,26-27H,16H2/b15-14+. The van der Waals surface area contributed by atoms with E-state index in [0.29, 0.717) is 6.42 Å². The summed E-state index contributed by atoms with van der Waals surface area (Å²) in [4.78, 5) is 0. The maximum Gasteiger partial charge on any atom is 0.122 e. The van der Waals surface area contributed by atoms with Gasteiger partial charge in [0.15, 0.2) is 0 Å². The molecule has 0 aromatic heterocycles. The number of benzene rings is 3. The Morgan fingerprint density at radius 2 is 1.44 bits per heavy atom. The molecule has 4 nitrogen and oxygen atoms in total. The molecule has 27 heavy (non-hydrogen) atoms. The maximum absolute atomic E-state index is 10.3. The molecule has 0 amide bonds. The van der Waals surface area contributed by atoms with Crippen LogP contribution in [0.2, 0.25) is 0 Å². The summed E-state index contributed by atoms with van der Waals surface area (Å²) >= 11 is 0. The molecule has 1 heterocycles. The van der Waals surface area contributed by atoms with E-state index in [1.807, 2.05) is 77.8 Å². The fourth-order valence-corrected chi connectivity index (χ4v) is 3.28. The molecule has 4 heteroatoms. The van der Waals surface area contributed by atoms with Crippen LogP contribution in [-0.2, 0) is 0 Å². The van der Waals surface area contributed by atoms with Gasteiger partial charge in [0, 0.05) is 17.5 Å². The van der Waals surface area contributed by atoms with Crippen molar-refractivity contribution in [3.63, 3.8) is 0 Å². The number of phenols is 2. The van der Waals surface area contributed by atoms with Gasteiger partial charge in [0.2, 0.25) is 0 Å². The van der Waals surface area contributed by atoms with Crippen LogP contribution in [0.4, 0.5) is 5.69 Å². The second kappa shape index (κ2) is 7.38. The third-order valence-electron chi connectivity index (χ3n) is 4.64. The number of nitrogens with zero attached hydrogens (tertiary/aromatic N) is 2. The molecule has 4 rings (SSSR count). The normalized spacial score (nSPS) is 16.7. The fourth-order valence-electron chi connectivity index (χ4n) is 3.28. The van der Waals surface area contributed by atoms with Crippen LogP contribution in [0.5, 0.6) is 11.5 Å². The first-order valence-corrected chi connectivity index (χ1v) is 8.88. The first-order valence-electron chi connectivity index (χ1n) is 8.88. The summed E-state index contributed by atoms with van der Waals surface area (Å²) in [6, 6.07) is 24.4. The second-order valence-corrected chi connectivity index (χ2v) is 6.44. The van der Waals surface area contributed by atoms with Gasteiger partial charge in [-0.05, 0) is 36.4 Å². The summed E-state index contributed by atoms with van der Waals surface area (Å²) < 4.78 is 0. The molecule has 1 aliphatic rings. The highest BCUT2D eigenvalue weighted by atomic mass is 16.3. The van der Waals surface area contributed by atoms with Crippen molar-refractivity contribution in [2.24, 2.45) is 5.10 Å². The van der Waals surface area contributed by atoms with Crippen molar-refractivity contribution in [3.8, 4) is 11.5 Å². The van der Waals surface area contributed by atoms with Gasteiger partial charge in [-0.25, -0.2) is 0 Å². The minimum atomic E-state index is -0.0855. The van der Waals surface area contributed by atoms with Crippen molar-refractivity contribution < 1.29 is 10.2 Å². The smallest absolute Gasteiger partial charge is 0.122 e. The van der Waals surface area contributed by atoms with Crippen molar-refractivity contribution in [1.82, 2.24) is 0 Å². The topological polar surface area (TPSA) is 56.1 Å². The minimum absolute atomic E-state index is 0.0855. The van der Waals surface area contributed by atoms with Crippen LogP contribution in [-0.4, -0.2) is 15.9 Å². The first-order chi connectivity index (χ1) is 13.2. The third kappa shape index (κ3) is 3.55. The summed E-state index contributed by atoms with van der Waals surface area (Å²) in [5.74, 6) is 0.508. The lowest BCUT2D eigenvalue weighted by atomic mass is 10.00. The Labute approximate surface area is 158 Å². The monoisotopic (exact) mass is 356 g/mol. The zero-order chi connectivity index (χ0) is 18.6. The van der Waals surface area contributed by atoms with E-state index in [4.69, 9.17) is 5.10 Å². The van der Waals surface area contributed by atoms with Crippen molar-refractivity contribution >= 4 is 17.5 Å². The minimum Gasteiger partial charge on any atom is -0.508 e. The van der Waals surface area contributed by atoms with Crippen molar-refractivity contribution in [1.29, 1.82) is 0 Å². The van der Waals surface area contributed by atoms with Gasteiger partial charge in [0.1, 0.15) is 11.5 Å².